The zero-order valence-corrected chi connectivity index (χ0v) is 10.3. The number of amides is 2. The van der Waals surface area contributed by atoms with Gasteiger partial charge in [-0.25, -0.2) is 4.79 Å². The Kier molecular flexibility index (Phi) is 5.55. The Hall–Kier alpha value is -0.810. The number of nitrogens with zero attached hydrogens (tertiary/aromatic N) is 2. The van der Waals surface area contributed by atoms with Crippen LogP contribution in [0.1, 0.15) is 12.8 Å². The van der Waals surface area contributed by atoms with E-state index in [9.17, 15) is 4.79 Å². The highest BCUT2D eigenvalue weighted by atomic mass is 16.5. The van der Waals surface area contributed by atoms with E-state index in [0.717, 1.165) is 45.6 Å². The Morgan fingerprint density at radius 2 is 2.12 bits per heavy atom. The minimum atomic E-state index is -0.332. The standard InChI is InChI=1S/C11H23N3O2/c1-13(11(12)15)9-10-3-5-14(6-4-10)7-8-16-2/h10H,3-9H2,1-2H3,(H2,12,15). The van der Waals surface area contributed by atoms with Crippen LogP contribution in [0, 0.1) is 5.92 Å². The molecule has 0 spiro atoms. The first-order valence-electron chi connectivity index (χ1n) is 5.85. The first-order valence-corrected chi connectivity index (χ1v) is 5.85. The van der Waals surface area contributed by atoms with E-state index in [1.54, 1.807) is 19.1 Å². The summed E-state index contributed by atoms with van der Waals surface area (Å²) in [7, 11) is 3.49. The molecule has 1 aliphatic rings. The summed E-state index contributed by atoms with van der Waals surface area (Å²) in [6, 6.07) is -0.332. The Labute approximate surface area is 97.5 Å². The molecule has 0 unspecified atom stereocenters. The number of hydrogen-bond donors (Lipinski definition) is 1. The summed E-state index contributed by atoms with van der Waals surface area (Å²) in [5.74, 6) is 0.594. The Morgan fingerprint density at radius 1 is 1.50 bits per heavy atom. The molecule has 2 amide bonds. The van der Waals surface area contributed by atoms with Gasteiger partial charge in [-0.3, -0.25) is 0 Å². The maximum absolute atomic E-state index is 10.9. The highest BCUT2D eigenvalue weighted by molar-refractivity contribution is 5.71. The van der Waals surface area contributed by atoms with Gasteiger partial charge in [0, 0.05) is 27.2 Å². The molecule has 2 N–H and O–H groups in total. The van der Waals surface area contributed by atoms with Crippen LogP contribution < -0.4 is 5.73 Å². The number of carbonyl (C=O) groups excluding carboxylic acids is 1. The molecular weight excluding hydrogens is 206 g/mol. The first-order chi connectivity index (χ1) is 7.63. The lowest BCUT2D eigenvalue weighted by atomic mass is 9.96. The molecule has 0 atom stereocenters. The van der Waals surface area contributed by atoms with Gasteiger partial charge in [0.05, 0.1) is 6.61 Å². The van der Waals surface area contributed by atoms with Gasteiger partial charge in [-0.05, 0) is 31.8 Å². The minimum absolute atomic E-state index is 0.332. The van der Waals surface area contributed by atoms with Crippen molar-refractivity contribution < 1.29 is 9.53 Å². The monoisotopic (exact) mass is 229 g/mol. The minimum Gasteiger partial charge on any atom is -0.383 e. The third-order valence-electron chi connectivity index (χ3n) is 3.23. The van der Waals surface area contributed by atoms with Gasteiger partial charge in [0.1, 0.15) is 0 Å². The van der Waals surface area contributed by atoms with E-state index in [1.807, 2.05) is 0 Å². The van der Waals surface area contributed by atoms with Crippen molar-refractivity contribution in [2.75, 3.05) is 46.9 Å². The number of urea groups is 1. The number of piperidine rings is 1. The van der Waals surface area contributed by atoms with Crippen LogP contribution in [0.4, 0.5) is 4.79 Å². The van der Waals surface area contributed by atoms with Crippen molar-refractivity contribution in [1.29, 1.82) is 0 Å². The molecule has 1 rings (SSSR count). The van der Waals surface area contributed by atoms with Gasteiger partial charge < -0.3 is 20.3 Å². The molecular formula is C11H23N3O2. The van der Waals surface area contributed by atoms with Crippen LogP contribution in [0.25, 0.3) is 0 Å². The molecule has 0 radical (unpaired) electrons. The van der Waals surface area contributed by atoms with Crippen LogP contribution in [0.3, 0.4) is 0 Å². The largest absolute Gasteiger partial charge is 0.383 e. The van der Waals surface area contributed by atoms with Crippen molar-refractivity contribution in [3.63, 3.8) is 0 Å². The van der Waals surface area contributed by atoms with E-state index < -0.39 is 0 Å². The normalized spacial score (nSPS) is 18.6. The third kappa shape index (κ3) is 4.37. The first kappa shape index (κ1) is 13.3. The SMILES string of the molecule is COCCN1CCC(CN(C)C(N)=O)CC1. The van der Waals surface area contributed by atoms with E-state index in [2.05, 4.69) is 4.90 Å². The summed E-state index contributed by atoms with van der Waals surface area (Å²) in [4.78, 5) is 14.9. The van der Waals surface area contributed by atoms with Crippen LogP contribution in [0.2, 0.25) is 0 Å². The summed E-state index contributed by atoms with van der Waals surface area (Å²) in [6.07, 6.45) is 2.28. The summed E-state index contributed by atoms with van der Waals surface area (Å²) in [5, 5.41) is 0. The topological polar surface area (TPSA) is 58.8 Å². The van der Waals surface area contributed by atoms with Crippen LogP contribution in [0.15, 0.2) is 0 Å². The van der Waals surface area contributed by atoms with Crippen LogP contribution >= 0.6 is 0 Å². The van der Waals surface area contributed by atoms with Crippen LogP contribution in [-0.4, -0.2) is 62.8 Å². The molecule has 16 heavy (non-hydrogen) atoms. The van der Waals surface area contributed by atoms with Gasteiger partial charge in [-0.2, -0.15) is 0 Å². The van der Waals surface area contributed by atoms with Gasteiger partial charge >= 0.3 is 6.03 Å². The highest BCUT2D eigenvalue weighted by Crippen LogP contribution is 2.17. The predicted octanol–water partition coefficient (Wildman–Crippen LogP) is 0.355. The number of likely N-dealkylation sites (tertiary alicyclic amines) is 1. The summed E-state index contributed by atoms with van der Waals surface area (Å²) >= 11 is 0. The fraction of sp³-hybridized carbons (Fsp3) is 0.909. The maximum atomic E-state index is 10.9. The molecule has 0 aliphatic carbocycles. The summed E-state index contributed by atoms with van der Waals surface area (Å²) in [6.45, 7) is 4.79. The second-order valence-corrected chi connectivity index (χ2v) is 4.50. The Bertz CT molecular complexity index is 215. The smallest absolute Gasteiger partial charge is 0.314 e. The van der Waals surface area contributed by atoms with E-state index in [0.29, 0.717) is 5.92 Å². The third-order valence-corrected chi connectivity index (χ3v) is 3.23. The number of rotatable bonds is 5. The van der Waals surface area contributed by atoms with Gasteiger partial charge in [0.25, 0.3) is 0 Å². The molecule has 1 saturated heterocycles. The molecule has 94 valence electrons. The van der Waals surface area contributed by atoms with Crippen molar-refractivity contribution in [3.05, 3.63) is 0 Å². The molecule has 1 heterocycles. The molecule has 0 aromatic carbocycles. The molecule has 0 saturated carbocycles. The van der Waals surface area contributed by atoms with E-state index in [1.165, 1.54) is 0 Å². The molecule has 1 aliphatic heterocycles. The van der Waals surface area contributed by atoms with Gasteiger partial charge in [0.15, 0.2) is 0 Å². The lowest BCUT2D eigenvalue weighted by Crippen LogP contribution is -2.41. The zero-order valence-electron chi connectivity index (χ0n) is 10.3. The average Bonchev–Trinajstić information content (AvgIpc) is 2.28. The number of ether oxygens (including phenoxy) is 1. The second-order valence-electron chi connectivity index (χ2n) is 4.50. The van der Waals surface area contributed by atoms with Crippen LogP contribution in [0.5, 0.6) is 0 Å². The molecule has 0 aromatic rings. The molecule has 5 nitrogen and oxygen atoms in total. The number of methoxy groups -OCH3 is 1. The fourth-order valence-corrected chi connectivity index (χ4v) is 2.09. The predicted molar refractivity (Wildman–Crippen MR) is 63.3 cm³/mol. The number of carbonyl (C=O) groups is 1. The zero-order chi connectivity index (χ0) is 12.0. The van der Waals surface area contributed by atoms with E-state index in [-0.39, 0.29) is 6.03 Å². The van der Waals surface area contributed by atoms with E-state index in [4.69, 9.17) is 10.5 Å². The van der Waals surface area contributed by atoms with Gasteiger partial charge in [-0.1, -0.05) is 0 Å². The lowest BCUT2D eigenvalue weighted by Gasteiger charge is -2.33. The van der Waals surface area contributed by atoms with E-state index >= 15 is 0 Å². The number of hydrogen-bond acceptors (Lipinski definition) is 3. The Balaban J connectivity index is 2.19. The van der Waals surface area contributed by atoms with Crippen LogP contribution in [-0.2, 0) is 4.74 Å². The number of nitrogens with two attached hydrogens (primary N) is 1. The molecule has 5 heteroatoms. The second kappa shape index (κ2) is 6.70. The fourth-order valence-electron chi connectivity index (χ4n) is 2.09. The Morgan fingerprint density at radius 3 is 2.62 bits per heavy atom. The molecule has 0 aromatic heterocycles. The average molecular weight is 229 g/mol. The highest BCUT2D eigenvalue weighted by Gasteiger charge is 2.20. The quantitative estimate of drug-likeness (QED) is 0.740. The van der Waals surface area contributed by atoms with Gasteiger partial charge in [-0.15, -0.1) is 0 Å². The van der Waals surface area contributed by atoms with Crippen molar-refractivity contribution >= 4 is 6.03 Å². The van der Waals surface area contributed by atoms with Crippen molar-refractivity contribution in [1.82, 2.24) is 9.80 Å². The summed E-state index contributed by atoms with van der Waals surface area (Å²) in [5.41, 5.74) is 5.21. The van der Waals surface area contributed by atoms with Crippen molar-refractivity contribution in [2.24, 2.45) is 11.7 Å². The lowest BCUT2D eigenvalue weighted by molar-refractivity contribution is 0.113. The molecule has 0 bridgehead atoms. The van der Waals surface area contributed by atoms with Crippen molar-refractivity contribution in [2.45, 2.75) is 12.8 Å². The maximum Gasteiger partial charge on any atom is 0.314 e. The molecule has 1 fully saturated rings. The number of primary amides is 1. The summed E-state index contributed by atoms with van der Waals surface area (Å²) < 4.78 is 5.06. The van der Waals surface area contributed by atoms with Crippen molar-refractivity contribution in [3.8, 4) is 0 Å². The van der Waals surface area contributed by atoms with Gasteiger partial charge in [0.2, 0.25) is 0 Å².